The second-order valence-electron chi connectivity index (χ2n) is 3.37. The first-order valence-electron chi connectivity index (χ1n) is 4.88. The molecule has 0 saturated heterocycles. The number of rotatable bonds is 4. The van der Waals surface area contributed by atoms with E-state index in [1.54, 1.807) is 30.1 Å². The summed E-state index contributed by atoms with van der Waals surface area (Å²) < 4.78 is 1.08. The molecule has 0 bridgehead atoms. The number of amides is 1. The molecule has 0 aliphatic heterocycles. The van der Waals surface area contributed by atoms with E-state index in [1.165, 1.54) is 11.3 Å². The van der Waals surface area contributed by atoms with Crippen molar-refractivity contribution in [3.63, 3.8) is 0 Å². The zero-order valence-corrected chi connectivity index (χ0v) is 10.6. The monoisotopic (exact) mass is 265 g/mol. The number of primary amides is 1. The SMILES string of the molecule is NC(=O)c1ccc(CSc2cnc(N)s2)cc1. The van der Waals surface area contributed by atoms with Crippen LogP contribution in [0.15, 0.2) is 34.7 Å². The topological polar surface area (TPSA) is 82.0 Å². The van der Waals surface area contributed by atoms with E-state index in [0.29, 0.717) is 10.7 Å². The Kier molecular flexibility index (Phi) is 3.65. The Morgan fingerprint density at radius 3 is 2.59 bits per heavy atom. The number of nitrogens with two attached hydrogens (primary N) is 2. The first kappa shape index (κ1) is 11.9. The van der Waals surface area contributed by atoms with Gasteiger partial charge >= 0.3 is 0 Å². The normalized spacial score (nSPS) is 10.4. The van der Waals surface area contributed by atoms with E-state index in [-0.39, 0.29) is 0 Å². The number of thiazole rings is 1. The van der Waals surface area contributed by atoms with Gasteiger partial charge in [-0.15, -0.1) is 11.8 Å². The third-order valence-electron chi connectivity index (χ3n) is 2.12. The lowest BCUT2D eigenvalue weighted by Gasteiger charge is -2.00. The van der Waals surface area contributed by atoms with Crippen LogP contribution in [0.5, 0.6) is 0 Å². The summed E-state index contributed by atoms with van der Waals surface area (Å²) in [7, 11) is 0. The van der Waals surface area contributed by atoms with Crippen LogP contribution in [0.1, 0.15) is 15.9 Å². The maximum atomic E-state index is 10.9. The molecule has 1 aromatic heterocycles. The number of carbonyl (C=O) groups excluding carboxylic acids is 1. The number of thioether (sulfide) groups is 1. The fourth-order valence-electron chi connectivity index (χ4n) is 1.26. The molecule has 0 atom stereocenters. The van der Waals surface area contributed by atoms with Crippen LogP contribution in [0.3, 0.4) is 0 Å². The molecule has 0 unspecified atom stereocenters. The van der Waals surface area contributed by atoms with Crippen molar-refractivity contribution in [2.45, 2.75) is 9.96 Å². The molecule has 1 amide bonds. The lowest BCUT2D eigenvalue weighted by molar-refractivity contribution is 0.100. The molecular weight excluding hydrogens is 254 g/mol. The van der Waals surface area contributed by atoms with Gasteiger partial charge in [-0.2, -0.15) is 0 Å². The van der Waals surface area contributed by atoms with E-state index in [2.05, 4.69) is 4.98 Å². The maximum Gasteiger partial charge on any atom is 0.248 e. The number of nitrogens with zero attached hydrogens (tertiary/aromatic N) is 1. The summed E-state index contributed by atoms with van der Waals surface area (Å²) in [6, 6.07) is 7.27. The van der Waals surface area contributed by atoms with Gasteiger partial charge in [-0.25, -0.2) is 4.98 Å². The number of benzene rings is 1. The zero-order chi connectivity index (χ0) is 12.3. The van der Waals surface area contributed by atoms with Gasteiger partial charge in [0, 0.05) is 11.3 Å². The van der Waals surface area contributed by atoms with Gasteiger partial charge in [-0.3, -0.25) is 4.79 Å². The smallest absolute Gasteiger partial charge is 0.248 e. The highest BCUT2D eigenvalue weighted by molar-refractivity contribution is 8.00. The average Bonchev–Trinajstić information content (AvgIpc) is 2.73. The van der Waals surface area contributed by atoms with Crippen molar-refractivity contribution in [3.8, 4) is 0 Å². The molecule has 1 heterocycles. The molecule has 6 heteroatoms. The van der Waals surface area contributed by atoms with Crippen molar-refractivity contribution in [1.29, 1.82) is 0 Å². The molecule has 0 fully saturated rings. The minimum Gasteiger partial charge on any atom is -0.375 e. The second kappa shape index (κ2) is 5.20. The molecule has 1 aromatic carbocycles. The van der Waals surface area contributed by atoms with Gasteiger partial charge in [0.05, 0.1) is 10.4 Å². The predicted molar refractivity (Wildman–Crippen MR) is 71.0 cm³/mol. The quantitative estimate of drug-likeness (QED) is 0.830. The number of hydrogen-bond donors (Lipinski definition) is 2. The minimum absolute atomic E-state index is 0.403. The summed E-state index contributed by atoms with van der Waals surface area (Å²) in [4.78, 5) is 14.9. The maximum absolute atomic E-state index is 10.9. The van der Waals surface area contributed by atoms with Gasteiger partial charge < -0.3 is 11.5 Å². The van der Waals surface area contributed by atoms with Crippen molar-refractivity contribution in [3.05, 3.63) is 41.6 Å². The van der Waals surface area contributed by atoms with Crippen LogP contribution in [0.4, 0.5) is 5.13 Å². The molecule has 0 saturated carbocycles. The van der Waals surface area contributed by atoms with E-state index in [0.717, 1.165) is 15.5 Å². The standard InChI is InChI=1S/C11H11N3OS2/c12-10(15)8-3-1-7(2-4-8)6-16-9-5-14-11(13)17-9/h1-5H,6H2,(H2,12,15)(H2,13,14). The Morgan fingerprint density at radius 2 is 2.06 bits per heavy atom. The molecular formula is C11H11N3OS2. The molecule has 0 radical (unpaired) electrons. The predicted octanol–water partition coefficient (Wildman–Crippen LogP) is 2.12. The summed E-state index contributed by atoms with van der Waals surface area (Å²) in [5.74, 6) is 0.417. The largest absolute Gasteiger partial charge is 0.375 e. The fraction of sp³-hybridized carbons (Fsp3) is 0.0909. The van der Waals surface area contributed by atoms with Crippen molar-refractivity contribution in [2.24, 2.45) is 5.73 Å². The second-order valence-corrected chi connectivity index (χ2v) is 5.71. The Morgan fingerprint density at radius 1 is 1.35 bits per heavy atom. The van der Waals surface area contributed by atoms with Gasteiger partial charge in [-0.05, 0) is 17.7 Å². The fourth-order valence-corrected chi connectivity index (χ4v) is 2.97. The molecule has 2 aromatic rings. The molecule has 88 valence electrons. The first-order valence-corrected chi connectivity index (χ1v) is 6.68. The lowest BCUT2D eigenvalue weighted by atomic mass is 10.1. The highest BCUT2D eigenvalue weighted by atomic mass is 32.2. The van der Waals surface area contributed by atoms with E-state index >= 15 is 0 Å². The number of anilines is 1. The highest BCUT2D eigenvalue weighted by Crippen LogP contribution is 2.29. The number of nitrogen functional groups attached to an aromatic ring is 1. The molecule has 2 rings (SSSR count). The van der Waals surface area contributed by atoms with Crippen molar-refractivity contribution < 1.29 is 4.79 Å². The van der Waals surface area contributed by atoms with Gasteiger partial charge in [0.1, 0.15) is 0 Å². The average molecular weight is 265 g/mol. The number of carbonyl (C=O) groups is 1. The van der Waals surface area contributed by atoms with Crippen molar-refractivity contribution in [1.82, 2.24) is 4.98 Å². The Balaban J connectivity index is 1.97. The summed E-state index contributed by atoms with van der Waals surface area (Å²) in [5.41, 5.74) is 12.4. The van der Waals surface area contributed by atoms with E-state index < -0.39 is 5.91 Å². The Labute approximate surface area is 107 Å². The van der Waals surface area contributed by atoms with Gasteiger partial charge in [0.15, 0.2) is 5.13 Å². The summed E-state index contributed by atoms with van der Waals surface area (Å²) in [6.07, 6.45) is 1.77. The molecule has 17 heavy (non-hydrogen) atoms. The van der Waals surface area contributed by atoms with Crippen LogP contribution in [-0.2, 0) is 5.75 Å². The zero-order valence-electron chi connectivity index (χ0n) is 8.92. The summed E-state index contributed by atoms with van der Waals surface area (Å²) >= 11 is 3.14. The Bertz CT molecular complexity index is 522. The van der Waals surface area contributed by atoms with Crippen LogP contribution < -0.4 is 11.5 Å². The first-order chi connectivity index (χ1) is 8.15. The third-order valence-corrected chi connectivity index (χ3v) is 4.21. The van der Waals surface area contributed by atoms with E-state index in [1.807, 2.05) is 12.1 Å². The molecule has 0 aliphatic carbocycles. The van der Waals surface area contributed by atoms with Crippen LogP contribution in [-0.4, -0.2) is 10.9 Å². The van der Waals surface area contributed by atoms with E-state index in [9.17, 15) is 4.79 Å². The minimum atomic E-state index is -0.403. The van der Waals surface area contributed by atoms with Crippen LogP contribution in [0.2, 0.25) is 0 Å². The lowest BCUT2D eigenvalue weighted by Crippen LogP contribution is -2.10. The van der Waals surface area contributed by atoms with Gasteiger partial charge in [0.2, 0.25) is 5.91 Å². The van der Waals surface area contributed by atoms with Crippen molar-refractivity contribution >= 4 is 34.1 Å². The van der Waals surface area contributed by atoms with Gasteiger partial charge in [-0.1, -0.05) is 23.5 Å². The van der Waals surface area contributed by atoms with Crippen LogP contribution in [0.25, 0.3) is 0 Å². The number of hydrogen-bond acceptors (Lipinski definition) is 5. The summed E-state index contributed by atoms with van der Waals surface area (Å²) in [5, 5.41) is 0.580. The van der Waals surface area contributed by atoms with Crippen LogP contribution in [0, 0.1) is 0 Å². The van der Waals surface area contributed by atoms with Crippen molar-refractivity contribution in [2.75, 3.05) is 5.73 Å². The van der Waals surface area contributed by atoms with Crippen LogP contribution >= 0.6 is 23.1 Å². The molecule has 0 spiro atoms. The highest BCUT2D eigenvalue weighted by Gasteiger charge is 2.02. The van der Waals surface area contributed by atoms with Gasteiger partial charge in [0.25, 0.3) is 0 Å². The Hall–Kier alpha value is -1.53. The molecule has 4 nitrogen and oxygen atoms in total. The summed E-state index contributed by atoms with van der Waals surface area (Å²) in [6.45, 7) is 0. The van der Waals surface area contributed by atoms with E-state index in [4.69, 9.17) is 11.5 Å². The molecule has 0 aliphatic rings. The third kappa shape index (κ3) is 3.21. The number of aromatic nitrogens is 1. The molecule has 4 N–H and O–H groups in total.